The number of allylic oxidation sites excluding steroid dienone is 1. The Morgan fingerprint density at radius 2 is 2.11 bits per heavy atom. The van der Waals surface area contributed by atoms with Gasteiger partial charge < -0.3 is 14.8 Å². The molecule has 1 atom stereocenters. The topological polar surface area (TPSA) is 58.1 Å². The van der Waals surface area contributed by atoms with Gasteiger partial charge in [-0.1, -0.05) is 13.8 Å². The molecule has 3 aromatic rings. The molecule has 0 aliphatic heterocycles. The largest absolute Gasteiger partial charge is 0.516 e. The van der Waals surface area contributed by atoms with Crippen molar-refractivity contribution in [2.45, 2.75) is 32.1 Å². The van der Waals surface area contributed by atoms with Crippen LogP contribution in [0.4, 0.5) is 4.39 Å². The Morgan fingerprint density at radius 1 is 1.30 bits per heavy atom. The number of fused-ring (bicyclic) bond motifs is 1. The van der Waals surface area contributed by atoms with Crippen molar-refractivity contribution >= 4 is 10.9 Å². The van der Waals surface area contributed by atoms with Gasteiger partial charge in [-0.15, -0.1) is 0 Å². The number of nitrogens with one attached hydrogen (secondary N) is 1. The minimum Gasteiger partial charge on any atom is -0.516 e. The highest BCUT2D eigenvalue weighted by Crippen LogP contribution is 2.38. The zero-order valence-corrected chi connectivity index (χ0v) is 15.9. The van der Waals surface area contributed by atoms with E-state index < -0.39 is 0 Å². The number of rotatable bonds is 7. The second-order valence-electron chi connectivity index (χ2n) is 7.50. The van der Waals surface area contributed by atoms with E-state index in [0.29, 0.717) is 5.75 Å². The van der Waals surface area contributed by atoms with Crippen LogP contribution in [-0.4, -0.2) is 22.2 Å². The third kappa shape index (κ3) is 4.30. The first-order chi connectivity index (χ1) is 12.9. The summed E-state index contributed by atoms with van der Waals surface area (Å²) in [5.41, 5.74) is 2.54. The first kappa shape index (κ1) is 19.0. The molecule has 1 unspecified atom stereocenters. The van der Waals surface area contributed by atoms with Crippen LogP contribution >= 0.6 is 0 Å². The maximum Gasteiger partial charge on any atom is 0.123 e. The van der Waals surface area contributed by atoms with Crippen LogP contribution in [0.1, 0.15) is 31.5 Å². The van der Waals surface area contributed by atoms with E-state index in [-0.39, 0.29) is 17.2 Å². The lowest BCUT2D eigenvalue weighted by Gasteiger charge is -2.30. The molecule has 0 radical (unpaired) electrons. The molecule has 0 saturated carbocycles. The number of benzene rings is 1. The molecule has 2 N–H and O–H groups in total. The molecular formula is C22H25FN2O2. The molecule has 0 amide bonds. The fourth-order valence-corrected chi connectivity index (χ4v) is 3.73. The summed E-state index contributed by atoms with van der Waals surface area (Å²) in [6.07, 6.45) is 7.90. The van der Waals surface area contributed by atoms with Gasteiger partial charge in [0.15, 0.2) is 0 Å². The van der Waals surface area contributed by atoms with Crippen molar-refractivity contribution in [3.05, 3.63) is 72.1 Å². The summed E-state index contributed by atoms with van der Waals surface area (Å²) in [5, 5.41) is 10.5. The fraction of sp³-hybridized carbons (Fsp3) is 0.318. The van der Waals surface area contributed by atoms with Crippen molar-refractivity contribution in [2.24, 2.45) is 5.92 Å². The van der Waals surface area contributed by atoms with E-state index in [0.717, 1.165) is 41.3 Å². The van der Waals surface area contributed by atoms with Crippen molar-refractivity contribution in [2.75, 3.05) is 7.11 Å². The van der Waals surface area contributed by atoms with Crippen LogP contribution in [0.2, 0.25) is 0 Å². The molecule has 0 aliphatic carbocycles. The molecular weight excluding hydrogens is 343 g/mol. The molecule has 4 nitrogen and oxygen atoms in total. The zero-order chi connectivity index (χ0) is 19.4. The van der Waals surface area contributed by atoms with Crippen LogP contribution in [-0.2, 0) is 11.8 Å². The minimum absolute atomic E-state index is 0.0685. The molecule has 0 fully saturated rings. The van der Waals surface area contributed by atoms with Gasteiger partial charge in [0.1, 0.15) is 11.6 Å². The maximum atomic E-state index is 13.8. The van der Waals surface area contributed by atoms with Crippen LogP contribution < -0.4 is 4.74 Å². The van der Waals surface area contributed by atoms with Gasteiger partial charge in [0.05, 0.1) is 25.1 Å². The van der Waals surface area contributed by atoms with Gasteiger partial charge in [-0.05, 0) is 60.6 Å². The molecule has 2 aromatic heterocycles. The first-order valence-corrected chi connectivity index (χ1v) is 8.99. The van der Waals surface area contributed by atoms with Crippen LogP contribution in [0, 0.1) is 11.7 Å². The highest BCUT2D eigenvalue weighted by atomic mass is 19.1. The predicted molar refractivity (Wildman–Crippen MR) is 106 cm³/mol. The maximum absolute atomic E-state index is 13.8. The van der Waals surface area contributed by atoms with Crippen LogP contribution in [0.5, 0.6) is 5.75 Å². The number of nitrogens with zero attached hydrogens (tertiary/aromatic N) is 1. The van der Waals surface area contributed by atoms with E-state index in [1.165, 1.54) is 12.1 Å². The van der Waals surface area contributed by atoms with Crippen molar-refractivity contribution < 1.29 is 14.2 Å². The predicted octanol–water partition coefficient (Wildman–Crippen LogP) is 5.31. The number of halogens is 1. The number of aliphatic hydroxyl groups excluding tert-OH is 1. The molecule has 0 saturated heterocycles. The zero-order valence-electron chi connectivity index (χ0n) is 15.9. The second-order valence-corrected chi connectivity index (χ2v) is 7.50. The molecule has 0 spiro atoms. The van der Waals surface area contributed by atoms with Gasteiger partial charge in [0.25, 0.3) is 0 Å². The summed E-state index contributed by atoms with van der Waals surface area (Å²) >= 11 is 0. The smallest absolute Gasteiger partial charge is 0.123 e. The highest BCUT2D eigenvalue weighted by Gasteiger charge is 2.28. The van der Waals surface area contributed by atoms with Gasteiger partial charge in [0, 0.05) is 22.8 Å². The number of aliphatic hydroxyl groups is 1. The Labute approximate surface area is 158 Å². The summed E-state index contributed by atoms with van der Waals surface area (Å²) in [4.78, 5) is 7.51. The van der Waals surface area contributed by atoms with E-state index in [2.05, 4.69) is 29.9 Å². The lowest BCUT2D eigenvalue weighted by atomic mass is 9.75. The van der Waals surface area contributed by atoms with E-state index in [9.17, 15) is 9.50 Å². The average Bonchev–Trinajstić information content (AvgIpc) is 3.03. The Morgan fingerprint density at radius 3 is 2.81 bits per heavy atom. The second kappa shape index (κ2) is 7.82. The van der Waals surface area contributed by atoms with Crippen LogP contribution in [0.25, 0.3) is 10.9 Å². The van der Waals surface area contributed by atoms with Crippen molar-refractivity contribution in [3.63, 3.8) is 0 Å². The monoisotopic (exact) mass is 368 g/mol. The Hall–Kier alpha value is -2.82. The lowest BCUT2D eigenvalue weighted by molar-refractivity contribution is 0.358. The molecule has 142 valence electrons. The van der Waals surface area contributed by atoms with Gasteiger partial charge in [0.2, 0.25) is 0 Å². The molecule has 5 heteroatoms. The first-order valence-electron chi connectivity index (χ1n) is 8.99. The number of hydrogen-bond acceptors (Lipinski definition) is 3. The molecule has 0 bridgehead atoms. The van der Waals surface area contributed by atoms with Crippen LogP contribution in [0.3, 0.4) is 0 Å². The Balaban J connectivity index is 1.85. The SMILES string of the molecule is COc1ccc(F)cc1C(C)(C)CC(/C=C/O)Cc1cc2ccncc2[nH]1. The van der Waals surface area contributed by atoms with E-state index in [1.807, 2.05) is 6.07 Å². The van der Waals surface area contributed by atoms with E-state index in [1.54, 1.807) is 31.6 Å². The number of hydrogen-bond donors (Lipinski definition) is 2. The number of ether oxygens (including phenoxy) is 1. The number of aromatic amines is 1. The number of aromatic nitrogens is 2. The van der Waals surface area contributed by atoms with Crippen molar-refractivity contribution in [1.82, 2.24) is 9.97 Å². The van der Waals surface area contributed by atoms with Gasteiger partial charge in [-0.3, -0.25) is 4.98 Å². The Kier molecular flexibility index (Phi) is 5.49. The van der Waals surface area contributed by atoms with E-state index in [4.69, 9.17) is 4.74 Å². The van der Waals surface area contributed by atoms with Gasteiger partial charge >= 0.3 is 0 Å². The van der Waals surface area contributed by atoms with Crippen molar-refractivity contribution in [3.8, 4) is 5.75 Å². The number of pyridine rings is 1. The molecule has 3 rings (SSSR count). The lowest BCUT2D eigenvalue weighted by Crippen LogP contribution is -2.23. The molecule has 1 aromatic carbocycles. The third-order valence-electron chi connectivity index (χ3n) is 4.98. The summed E-state index contributed by atoms with van der Waals surface area (Å²) in [5.74, 6) is 0.458. The Bertz CT molecular complexity index is 913. The number of methoxy groups -OCH3 is 1. The highest BCUT2D eigenvalue weighted by molar-refractivity contribution is 5.79. The summed E-state index contributed by atoms with van der Waals surface area (Å²) < 4.78 is 19.3. The van der Waals surface area contributed by atoms with E-state index >= 15 is 0 Å². The molecule has 27 heavy (non-hydrogen) atoms. The number of H-pyrrole nitrogens is 1. The normalized spacial score (nSPS) is 13.3. The fourth-order valence-electron chi connectivity index (χ4n) is 3.73. The van der Waals surface area contributed by atoms with Gasteiger partial charge in [-0.25, -0.2) is 4.39 Å². The third-order valence-corrected chi connectivity index (χ3v) is 4.98. The van der Waals surface area contributed by atoms with Crippen molar-refractivity contribution in [1.29, 1.82) is 0 Å². The quantitative estimate of drug-likeness (QED) is 0.556. The van der Waals surface area contributed by atoms with Crippen LogP contribution in [0.15, 0.2) is 55.1 Å². The summed E-state index contributed by atoms with van der Waals surface area (Å²) in [7, 11) is 1.59. The average molecular weight is 368 g/mol. The summed E-state index contributed by atoms with van der Waals surface area (Å²) in [6.45, 7) is 4.13. The molecule has 2 heterocycles. The molecule has 0 aliphatic rings. The van der Waals surface area contributed by atoms with Gasteiger partial charge in [-0.2, -0.15) is 0 Å². The minimum atomic E-state index is -0.342. The summed E-state index contributed by atoms with van der Waals surface area (Å²) in [6, 6.07) is 8.67. The standard InChI is InChI=1S/C22H25FN2O2/c1-22(2,19-12-17(23)4-5-21(19)27-3)13-15(7-9-26)10-18-11-16-6-8-24-14-20(16)25-18/h4-9,11-12,14-15,25-26H,10,13H2,1-3H3/b9-7+.